The molecule has 6 heteroatoms. The molecule has 0 spiro atoms. The lowest BCUT2D eigenvalue weighted by atomic mass is 10.2. The molecule has 76 valence electrons. The van der Waals surface area contributed by atoms with Crippen LogP contribution >= 0.6 is 11.3 Å². The van der Waals surface area contributed by atoms with Gasteiger partial charge in [-0.1, -0.05) is 12.1 Å². The van der Waals surface area contributed by atoms with Crippen LogP contribution in [0.15, 0.2) is 24.3 Å². The normalized spacial score (nSPS) is 10.4. The summed E-state index contributed by atoms with van der Waals surface area (Å²) in [5.41, 5.74) is -0.317. The fraction of sp³-hybridized carbons (Fsp3) is 0. The first-order valence-corrected chi connectivity index (χ1v) is 4.82. The number of aromatic carboxylic acids is 1. The Morgan fingerprint density at radius 1 is 1.40 bits per heavy atom. The number of carboxylic acids is 1. The predicted octanol–water partition coefficient (Wildman–Crippen LogP) is 2.51. The Balaban J connectivity index is 2.86. The van der Waals surface area contributed by atoms with Crippen molar-refractivity contribution >= 4 is 33.1 Å². The van der Waals surface area contributed by atoms with E-state index in [0.29, 0.717) is 10.1 Å². The molecule has 0 atom stereocenters. The summed E-state index contributed by atoms with van der Waals surface area (Å²) in [5.74, 6) is -1.26. The first-order chi connectivity index (χ1) is 7.11. The summed E-state index contributed by atoms with van der Waals surface area (Å²) in [7, 11) is 0. The summed E-state index contributed by atoms with van der Waals surface area (Å²) < 4.78 is 0.613. The van der Waals surface area contributed by atoms with Crippen LogP contribution in [0.3, 0.4) is 0 Å². The van der Waals surface area contributed by atoms with E-state index < -0.39 is 10.9 Å². The molecule has 5 nitrogen and oxygen atoms in total. The molecule has 1 aromatic carbocycles. The van der Waals surface area contributed by atoms with E-state index in [9.17, 15) is 14.9 Å². The third-order valence-electron chi connectivity index (χ3n) is 1.95. The van der Waals surface area contributed by atoms with Crippen molar-refractivity contribution in [2.24, 2.45) is 0 Å². The van der Waals surface area contributed by atoms with Gasteiger partial charge in [0.2, 0.25) is 0 Å². The smallest absolute Gasteiger partial charge is 0.353 e. The molecule has 1 heterocycles. The summed E-state index contributed by atoms with van der Waals surface area (Å²) in [6.45, 7) is 0. The monoisotopic (exact) mass is 223 g/mol. The van der Waals surface area contributed by atoms with Crippen LogP contribution in [0.2, 0.25) is 0 Å². The Labute approximate surface area is 87.7 Å². The maximum Gasteiger partial charge on any atom is 0.353 e. The zero-order chi connectivity index (χ0) is 11.0. The molecule has 1 N–H and O–H groups in total. The van der Waals surface area contributed by atoms with E-state index in [1.165, 1.54) is 0 Å². The highest BCUT2D eigenvalue weighted by atomic mass is 32.1. The SMILES string of the molecule is O=C(O)c1sc2ccccc2c1[N+](=O)[O-]. The topological polar surface area (TPSA) is 80.4 Å². The molecule has 0 aliphatic heterocycles. The van der Waals surface area contributed by atoms with Gasteiger partial charge >= 0.3 is 11.7 Å². The molecule has 0 radical (unpaired) electrons. The van der Waals surface area contributed by atoms with Crippen molar-refractivity contribution in [1.82, 2.24) is 0 Å². The van der Waals surface area contributed by atoms with Crippen molar-refractivity contribution < 1.29 is 14.8 Å². The minimum atomic E-state index is -1.26. The largest absolute Gasteiger partial charge is 0.477 e. The number of carboxylic acid groups (broad SMARTS) is 1. The predicted molar refractivity (Wildman–Crippen MR) is 55.4 cm³/mol. The molecule has 2 aromatic rings. The van der Waals surface area contributed by atoms with Gasteiger partial charge in [0.05, 0.1) is 10.3 Å². The average Bonchev–Trinajstić information content (AvgIpc) is 2.56. The lowest BCUT2D eigenvalue weighted by molar-refractivity contribution is -0.383. The maximum atomic E-state index is 10.8. The number of thiophene rings is 1. The average molecular weight is 223 g/mol. The maximum absolute atomic E-state index is 10.8. The van der Waals surface area contributed by atoms with Crippen LogP contribution in [0, 0.1) is 10.1 Å². The lowest BCUT2D eigenvalue weighted by Gasteiger charge is -1.90. The molecule has 0 bridgehead atoms. The van der Waals surface area contributed by atoms with Crippen molar-refractivity contribution in [2.45, 2.75) is 0 Å². The van der Waals surface area contributed by atoms with Crippen LogP contribution in [0.25, 0.3) is 10.1 Å². The third kappa shape index (κ3) is 1.44. The molecule has 0 amide bonds. The zero-order valence-corrected chi connectivity index (χ0v) is 8.15. The Hall–Kier alpha value is -1.95. The fourth-order valence-corrected chi connectivity index (χ4v) is 2.37. The molecule has 1 aromatic heterocycles. The molecule has 0 saturated heterocycles. The van der Waals surface area contributed by atoms with E-state index in [2.05, 4.69) is 0 Å². The Kier molecular flexibility index (Phi) is 2.12. The number of rotatable bonds is 2. The number of nitrogens with zero attached hydrogens (tertiary/aromatic N) is 1. The second kappa shape index (κ2) is 3.32. The van der Waals surface area contributed by atoms with Gasteiger partial charge in [0, 0.05) is 4.70 Å². The molecule has 2 rings (SSSR count). The summed E-state index contributed by atoms with van der Waals surface area (Å²) in [6, 6.07) is 6.58. The molecule has 0 aliphatic rings. The highest BCUT2D eigenvalue weighted by molar-refractivity contribution is 7.21. The zero-order valence-electron chi connectivity index (χ0n) is 7.34. The number of carbonyl (C=O) groups is 1. The van der Waals surface area contributed by atoms with Gasteiger partial charge < -0.3 is 5.11 Å². The number of fused-ring (bicyclic) bond motifs is 1. The highest BCUT2D eigenvalue weighted by Crippen LogP contribution is 2.36. The van der Waals surface area contributed by atoms with Gasteiger partial charge in [-0.05, 0) is 12.1 Å². The van der Waals surface area contributed by atoms with Gasteiger partial charge in [-0.15, -0.1) is 11.3 Å². The Bertz CT molecular complexity index is 560. The lowest BCUT2D eigenvalue weighted by Crippen LogP contribution is -1.97. The number of nitro groups is 1. The van der Waals surface area contributed by atoms with Crippen LogP contribution in [-0.4, -0.2) is 16.0 Å². The molecule has 0 aliphatic carbocycles. The molecular weight excluding hydrogens is 218 g/mol. The van der Waals surface area contributed by atoms with Crippen LogP contribution in [0.1, 0.15) is 9.67 Å². The van der Waals surface area contributed by atoms with Gasteiger partial charge in [-0.3, -0.25) is 10.1 Å². The second-order valence-electron chi connectivity index (χ2n) is 2.84. The quantitative estimate of drug-likeness (QED) is 0.626. The van der Waals surface area contributed by atoms with Crippen molar-refractivity contribution in [3.8, 4) is 0 Å². The first-order valence-electron chi connectivity index (χ1n) is 4.00. The number of hydrogen-bond acceptors (Lipinski definition) is 4. The molecule has 0 saturated carbocycles. The van der Waals surface area contributed by atoms with Gasteiger partial charge in [0.25, 0.3) is 0 Å². The minimum absolute atomic E-state index is 0.221. The van der Waals surface area contributed by atoms with Crippen molar-refractivity contribution in [1.29, 1.82) is 0 Å². The van der Waals surface area contributed by atoms with Gasteiger partial charge in [0.1, 0.15) is 0 Å². The van der Waals surface area contributed by atoms with E-state index >= 15 is 0 Å². The van der Waals surface area contributed by atoms with Crippen LogP contribution in [0.4, 0.5) is 5.69 Å². The van der Waals surface area contributed by atoms with Crippen molar-refractivity contribution in [3.05, 3.63) is 39.3 Å². The summed E-state index contributed by atoms with van der Waals surface area (Å²) in [6.07, 6.45) is 0. The van der Waals surface area contributed by atoms with Crippen LogP contribution in [0.5, 0.6) is 0 Å². The third-order valence-corrected chi connectivity index (χ3v) is 3.09. The number of benzene rings is 1. The van der Waals surface area contributed by atoms with Crippen LogP contribution < -0.4 is 0 Å². The summed E-state index contributed by atoms with van der Waals surface area (Å²) in [5, 5.41) is 20.0. The van der Waals surface area contributed by atoms with E-state index in [-0.39, 0.29) is 10.6 Å². The van der Waals surface area contributed by atoms with Crippen molar-refractivity contribution in [3.63, 3.8) is 0 Å². The fourth-order valence-electron chi connectivity index (χ4n) is 1.36. The van der Waals surface area contributed by atoms with Gasteiger partial charge in [-0.2, -0.15) is 0 Å². The van der Waals surface area contributed by atoms with Gasteiger partial charge in [0.15, 0.2) is 4.88 Å². The molecule has 0 unspecified atom stereocenters. The Morgan fingerprint density at radius 2 is 2.07 bits per heavy atom. The first kappa shape index (κ1) is 9.60. The van der Waals surface area contributed by atoms with Gasteiger partial charge in [-0.25, -0.2) is 4.79 Å². The molecule has 0 fully saturated rings. The Morgan fingerprint density at radius 3 is 2.67 bits per heavy atom. The second-order valence-corrected chi connectivity index (χ2v) is 3.89. The molecule has 15 heavy (non-hydrogen) atoms. The summed E-state index contributed by atoms with van der Waals surface area (Å²) >= 11 is 0.919. The minimum Gasteiger partial charge on any atom is -0.477 e. The highest BCUT2D eigenvalue weighted by Gasteiger charge is 2.26. The standard InChI is InChI=1S/C9H5NO4S/c11-9(12)8-7(10(13)14)5-3-1-2-4-6(5)15-8/h1-4H,(H,11,12). The number of hydrogen-bond donors (Lipinski definition) is 1. The van der Waals surface area contributed by atoms with E-state index in [1.807, 2.05) is 0 Å². The molecular formula is C9H5NO4S. The van der Waals surface area contributed by atoms with E-state index in [1.54, 1.807) is 24.3 Å². The summed E-state index contributed by atoms with van der Waals surface area (Å²) in [4.78, 5) is 20.7. The van der Waals surface area contributed by atoms with Crippen LogP contribution in [-0.2, 0) is 0 Å². The van der Waals surface area contributed by atoms with E-state index in [4.69, 9.17) is 5.11 Å². The van der Waals surface area contributed by atoms with E-state index in [0.717, 1.165) is 11.3 Å². The van der Waals surface area contributed by atoms with Crippen molar-refractivity contribution in [2.75, 3.05) is 0 Å².